The van der Waals surface area contributed by atoms with Gasteiger partial charge in [0.05, 0.1) is 0 Å². The maximum absolute atomic E-state index is 12.9. The normalized spacial score (nSPS) is 12.1. The molecule has 0 saturated heterocycles. The molecular formula is C63H118O6. The molecule has 0 aliphatic carbocycles. The van der Waals surface area contributed by atoms with Gasteiger partial charge in [0.1, 0.15) is 13.2 Å². The van der Waals surface area contributed by atoms with Gasteiger partial charge in [-0.1, -0.05) is 295 Å². The van der Waals surface area contributed by atoms with Gasteiger partial charge < -0.3 is 14.2 Å². The van der Waals surface area contributed by atoms with Crippen molar-refractivity contribution in [2.75, 3.05) is 13.2 Å². The van der Waals surface area contributed by atoms with E-state index in [0.29, 0.717) is 19.3 Å². The highest BCUT2D eigenvalue weighted by molar-refractivity contribution is 5.71. The Kier molecular flexibility index (Phi) is 56.7. The predicted octanol–water partition coefficient (Wildman–Crippen LogP) is 20.7. The van der Waals surface area contributed by atoms with E-state index in [2.05, 4.69) is 45.1 Å². The van der Waals surface area contributed by atoms with Gasteiger partial charge >= 0.3 is 17.9 Å². The third kappa shape index (κ3) is 56.7. The molecule has 406 valence electrons. The first-order chi connectivity index (χ1) is 34.0. The molecule has 0 radical (unpaired) electrons. The van der Waals surface area contributed by atoms with Crippen LogP contribution in [-0.4, -0.2) is 37.2 Å². The molecule has 0 aromatic carbocycles. The summed E-state index contributed by atoms with van der Waals surface area (Å²) in [5, 5.41) is 0. The number of hydrogen-bond donors (Lipinski definition) is 0. The van der Waals surface area contributed by atoms with Gasteiger partial charge in [-0.15, -0.1) is 0 Å². The molecule has 0 saturated carbocycles. The standard InChI is InChI=1S/C63H118O6/c1-4-7-10-13-16-19-22-25-28-30-32-35-38-41-44-47-50-53-56-62(65)68-59-60(58-67-61(64)55-52-49-46-43-40-37-34-27-24-21-18-15-12-9-6-3)69-63(66)57-54-51-48-45-42-39-36-33-31-29-26-23-20-17-14-11-8-5-2/h18,21,27,34,60H,4-17,19-20,22-26,28-33,35-59H2,1-3H3/b21-18-,34-27-. The van der Waals surface area contributed by atoms with E-state index in [-0.39, 0.29) is 31.1 Å². The summed E-state index contributed by atoms with van der Waals surface area (Å²) in [5.41, 5.74) is 0. The van der Waals surface area contributed by atoms with E-state index in [4.69, 9.17) is 14.2 Å². The summed E-state index contributed by atoms with van der Waals surface area (Å²) in [5.74, 6) is -0.858. The number of ether oxygens (including phenoxy) is 3. The highest BCUT2D eigenvalue weighted by atomic mass is 16.6. The Labute approximate surface area is 430 Å². The van der Waals surface area contributed by atoms with Crippen LogP contribution in [0.4, 0.5) is 0 Å². The van der Waals surface area contributed by atoms with Crippen LogP contribution >= 0.6 is 0 Å². The largest absolute Gasteiger partial charge is 0.462 e. The SMILES string of the molecule is CCCCC/C=C\C/C=C\CCCCCCCC(=O)OCC(COC(=O)CCCCCCCCCCCCCCCCCCCC)OC(=O)CCCCCCCCCCCCCCCCCCCC. The van der Waals surface area contributed by atoms with Crippen LogP contribution in [0.1, 0.15) is 342 Å². The Morgan fingerprint density at radius 2 is 0.522 bits per heavy atom. The number of rotatable bonds is 57. The average Bonchev–Trinajstić information content (AvgIpc) is 3.35. The minimum Gasteiger partial charge on any atom is -0.462 e. The molecule has 0 aliphatic rings. The molecule has 0 amide bonds. The summed E-state index contributed by atoms with van der Waals surface area (Å²) in [6.07, 6.45) is 68.9. The van der Waals surface area contributed by atoms with Crippen molar-refractivity contribution in [3.05, 3.63) is 24.3 Å². The number of carbonyl (C=O) groups excluding carboxylic acids is 3. The highest BCUT2D eigenvalue weighted by Crippen LogP contribution is 2.18. The average molecular weight is 972 g/mol. The Balaban J connectivity index is 4.32. The number of carbonyl (C=O) groups is 3. The van der Waals surface area contributed by atoms with Crippen molar-refractivity contribution >= 4 is 17.9 Å². The summed E-state index contributed by atoms with van der Waals surface area (Å²) in [7, 11) is 0. The lowest BCUT2D eigenvalue weighted by atomic mass is 10.0. The van der Waals surface area contributed by atoms with Crippen LogP contribution in [0.25, 0.3) is 0 Å². The molecule has 0 aliphatic heterocycles. The van der Waals surface area contributed by atoms with E-state index in [1.54, 1.807) is 0 Å². The van der Waals surface area contributed by atoms with Gasteiger partial charge in [0, 0.05) is 19.3 Å². The van der Waals surface area contributed by atoms with Crippen LogP contribution in [0.15, 0.2) is 24.3 Å². The third-order valence-electron chi connectivity index (χ3n) is 14.0. The van der Waals surface area contributed by atoms with Crippen molar-refractivity contribution in [2.45, 2.75) is 348 Å². The summed E-state index contributed by atoms with van der Waals surface area (Å²) < 4.78 is 16.9. The third-order valence-corrected chi connectivity index (χ3v) is 14.0. The van der Waals surface area contributed by atoms with Crippen molar-refractivity contribution in [1.82, 2.24) is 0 Å². The molecule has 0 aromatic rings. The molecule has 0 N–H and O–H groups in total. The van der Waals surface area contributed by atoms with Crippen molar-refractivity contribution in [3.8, 4) is 0 Å². The Morgan fingerprint density at radius 1 is 0.290 bits per heavy atom. The molecule has 6 nitrogen and oxygen atoms in total. The van der Waals surface area contributed by atoms with E-state index in [1.807, 2.05) is 0 Å². The predicted molar refractivity (Wildman–Crippen MR) is 298 cm³/mol. The summed E-state index contributed by atoms with van der Waals surface area (Å²) in [6.45, 7) is 6.67. The summed E-state index contributed by atoms with van der Waals surface area (Å²) in [4.78, 5) is 38.2. The van der Waals surface area contributed by atoms with Gasteiger partial charge in [-0.05, 0) is 51.4 Å². The van der Waals surface area contributed by atoms with E-state index in [1.165, 1.54) is 225 Å². The maximum Gasteiger partial charge on any atom is 0.306 e. The second-order valence-electron chi connectivity index (χ2n) is 21.0. The molecular weight excluding hydrogens is 853 g/mol. The van der Waals surface area contributed by atoms with Crippen molar-refractivity contribution in [3.63, 3.8) is 0 Å². The van der Waals surface area contributed by atoms with Crippen LogP contribution < -0.4 is 0 Å². The molecule has 0 aromatic heterocycles. The number of allylic oxidation sites excluding steroid dienone is 4. The molecule has 0 bridgehead atoms. The van der Waals surface area contributed by atoms with E-state index in [0.717, 1.165) is 77.0 Å². The Hall–Kier alpha value is -2.11. The minimum atomic E-state index is -0.772. The molecule has 0 fully saturated rings. The summed E-state index contributed by atoms with van der Waals surface area (Å²) in [6, 6.07) is 0. The fourth-order valence-electron chi connectivity index (χ4n) is 9.30. The van der Waals surface area contributed by atoms with Crippen LogP contribution in [-0.2, 0) is 28.6 Å². The van der Waals surface area contributed by atoms with Gasteiger partial charge in [-0.3, -0.25) is 14.4 Å². The number of hydrogen-bond acceptors (Lipinski definition) is 6. The monoisotopic (exact) mass is 971 g/mol. The van der Waals surface area contributed by atoms with Crippen LogP contribution in [0, 0.1) is 0 Å². The zero-order chi connectivity index (χ0) is 50.0. The van der Waals surface area contributed by atoms with Gasteiger partial charge in [0.15, 0.2) is 6.10 Å². The first-order valence-electron chi connectivity index (χ1n) is 30.8. The minimum absolute atomic E-state index is 0.0697. The first kappa shape index (κ1) is 66.9. The zero-order valence-corrected chi connectivity index (χ0v) is 46.6. The van der Waals surface area contributed by atoms with Crippen LogP contribution in [0.2, 0.25) is 0 Å². The molecule has 1 unspecified atom stereocenters. The van der Waals surface area contributed by atoms with Gasteiger partial charge in [-0.2, -0.15) is 0 Å². The van der Waals surface area contributed by atoms with Crippen LogP contribution in [0.3, 0.4) is 0 Å². The van der Waals surface area contributed by atoms with E-state index in [9.17, 15) is 14.4 Å². The quantitative estimate of drug-likeness (QED) is 0.0261. The number of esters is 3. The molecule has 6 heteroatoms. The van der Waals surface area contributed by atoms with Gasteiger partial charge in [0.25, 0.3) is 0 Å². The Morgan fingerprint density at radius 3 is 0.826 bits per heavy atom. The molecule has 0 heterocycles. The van der Waals surface area contributed by atoms with Crippen molar-refractivity contribution in [1.29, 1.82) is 0 Å². The molecule has 69 heavy (non-hydrogen) atoms. The van der Waals surface area contributed by atoms with Crippen molar-refractivity contribution < 1.29 is 28.6 Å². The van der Waals surface area contributed by atoms with Crippen molar-refractivity contribution in [2.24, 2.45) is 0 Å². The van der Waals surface area contributed by atoms with E-state index < -0.39 is 6.10 Å². The summed E-state index contributed by atoms with van der Waals surface area (Å²) >= 11 is 0. The topological polar surface area (TPSA) is 78.9 Å². The lowest BCUT2D eigenvalue weighted by molar-refractivity contribution is -0.167. The second kappa shape index (κ2) is 58.5. The first-order valence-corrected chi connectivity index (χ1v) is 30.8. The maximum atomic E-state index is 12.9. The molecule has 0 spiro atoms. The van der Waals surface area contributed by atoms with E-state index >= 15 is 0 Å². The second-order valence-corrected chi connectivity index (χ2v) is 21.0. The number of unbranched alkanes of at least 4 members (excludes halogenated alkanes) is 42. The lowest BCUT2D eigenvalue weighted by Gasteiger charge is -2.18. The lowest BCUT2D eigenvalue weighted by Crippen LogP contribution is -2.30. The smallest absolute Gasteiger partial charge is 0.306 e. The zero-order valence-electron chi connectivity index (χ0n) is 46.6. The highest BCUT2D eigenvalue weighted by Gasteiger charge is 2.19. The Bertz CT molecular complexity index is 1110. The van der Waals surface area contributed by atoms with Crippen LogP contribution in [0.5, 0.6) is 0 Å². The van der Waals surface area contributed by atoms with Gasteiger partial charge in [0.2, 0.25) is 0 Å². The van der Waals surface area contributed by atoms with Gasteiger partial charge in [-0.25, -0.2) is 0 Å². The molecule has 0 rings (SSSR count). The fraction of sp³-hybridized carbons (Fsp3) is 0.889. The fourth-order valence-corrected chi connectivity index (χ4v) is 9.30. The molecule has 1 atom stereocenters.